The van der Waals surface area contributed by atoms with E-state index in [1.807, 2.05) is 34.6 Å². The lowest BCUT2D eigenvalue weighted by molar-refractivity contribution is -0.141. The largest absolute Gasteiger partial charge is 0.495 e. The molecule has 0 aliphatic rings. The number of ether oxygens (including phenoxy) is 1. The highest BCUT2D eigenvalue weighted by molar-refractivity contribution is 7.92. The second kappa shape index (κ2) is 14.0. The lowest BCUT2D eigenvalue weighted by Crippen LogP contribution is -2.55. The van der Waals surface area contributed by atoms with Gasteiger partial charge in [-0.3, -0.25) is 13.9 Å². The Balaban J connectivity index is 2.16. The molecule has 3 rings (SSSR count). The average molecular weight is 649 g/mol. The minimum Gasteiger partial charge on any atom is -0.495 e. The van der Waals surface area contributed by atoms with Gasteiger partial charge < -0.3 is 15.0 Å². The summed E-state index contributed by atoms with van der Waals surface area (Å²) < 4.78 is 34.9. The number of hydrogen-bond donors (Lipinski definition) is 1. The van der Waals surface area contributed by atoms with Gasteiger partial charge in [0.15, 0.2) is 0 Å². The SMILES string of the molecule is CCC(C(=O)NC(C)(C)C)N(Cc1ccc(Cl)c(Cl)c1)C(=O)CN(c1cc(C)ccc1OC)S(=O)(=O)c1ccc(C)cc1. The molecule has 0 aliphatic carbocycles. The summed E-state index contributed by atoms with van der Waals surface area (Å²) in [5.41, 5.74) is 1.94. The maximum absolute atomic E-state index is 14.3. The van der Waals surface area contributed by atoms with Crippen LogP contribution in [0.25, 0.3) is 0 Å². The minimum atomic E-state index is -4.25. The summed E-state index contributed by atoms with van der Waals surface area (Å²) in [5.74, 6) is -0.659. The average Bonchev–Trinajstić information content (AvgIpc) is 2.92. The number of nitrogens with zero attached hydrogens (tertiary/aromatic N) is 2. The van der Waals surface area contributed by atoms with Crippen molar-refractivity contribution in [3.8, 4) is 5.75 Å². The number of methoxy groups -OCH3 is 1. The molecule has 2 amide bonds. The second-order valence-corrected chi connectivity index (χ2v) is 14.1. The van der Waals surface area contributed by atoms with Gasteiger partial charge in [-0.15, -0.1) is 0 Å². The van der Waals surface area contributed by atoms with E-state index in [1.54, 1.807) is 55.5 Å². The van der Waals surface area contributed by atoms with E-state index in [0.29, 0.717) is 15.6 Å². The first-order chi connectivity index (χ1) is 20.1. The van der Waals surface area contributed by atoms with E-state index in [4.69, 9.17) is 27.9 Å². The van der Waals surface area contributed by atoms with Gasteiger partial charge in [0.1, 0.15) is 18.3 Å². The van der Waals surface area contributed by atoms with Crippen molar-refractivity contribution in [2.45, 2.75) is 71.0 Å². The summed E-state index contributed by atoms with van der Waals surface area (Å²) in [4.78, 5) is 29.2. The van der Waals surface area contributed by atoms with Gasteiger partial charge in [0.05, 0.1) is 27.7 Å². The molecule has 1 unspecified atom stereocenters. The molecule has 8 nitrogen and oxygen atoms in total. The molecule has 3 aromatic rings. The molecule has 11 heteroatoms. The van der Waals surface area contributed by atoms with Crippen molar-refractivity contribution in [2.75, 3.05) is 18.0 Å². The second-order valence-electron chi connectivity index (χ2n) is 11.4. The van der Waals surface area contributed by atoms with E-state index >= 15 is 0 Å². The molecule has 3 aromatic carbocycles. The number of halogens is 2. The highest BCUT2D eigenvalue weighted by atomic mass is 35.5. The third-order valence-electron chi connectivity index (χ3n) is 6.71. The van der Waals surface area contributed by atoms with Crippen molar-refractivity contribution >= 4 is 50.7 Å². The number of carbonyl (C=O) groups is 2. The molecule has 0 aromatic heterocycles. The molecule has 0 spiro atoms. The van der Waals surface area contributed by atoms with Crippen LogP contribution in [0.1, 0.15) is 50.8 Å². The summed E-state index contributed by atoms with van der Waals surface area (Å²) in [6.45, 7) is 10.4. The molecular formula is C32H39Cl2N3O5S. The minimum absolute atomic E-state index is 0.00480. The van der Waals surface area contributed by atoms with Gasteiger partial charge in [-0.1, -0.05) is 60.0 Å². The summed E-state index contributed by atoms with van der Waals surface area (Å²) in [6.07, 6.45) is 0.285. The quantitative estimate of drug-likeness (QED) is 0.255. The predicted molar refractivity (Wildman–Crippen MR) is 172 cm³/mol. The van der Waals surface area contributed by atoms with Crippen LogP contribution in [0.15, 0.2) is 65.6 Å². The zero-order valence-electron chi connectivity index (χ0n) is 25.6. The Hall–Kier alpha value is -3.27. The third kappa shape index (κ3) is 8.65. The van der Waals surface area contributed by atoms with Crippen LogP contribution < -0.4 is 14.4 Å². The fraction of sp³-hybridized carbons (Fsp3) is 0.375. The van der Waals surface area contributed by atoms with E-state index in [2.05, 4.69) is 5.32 Å². The highest BCUT2D eigenvalue weighted by Gasteiger charge is 2.35. The molecule has 0 radical (unpaired) electrons. The number of amides is 2. The van der Waals surface area contributed by atoms with Crippen molar-refractivity contribution in [1.29, 1.82) is 0 Å². The molecule has 43 heavy (non-hydrogen) atoms. The first kappa shape index (κ1) is 34.2. The number of hydrogen-bond acceptors (Lipinski definition) is 5. The van der Waals surface area contributed by atoms with Crippen molar-refractivity contribution < 1.29 is 22.7 Å². The van der Waals surface area contributed by atoms with Crippen LogP contribution in [0.2, 0.25) is 10.0 Å². The number of carbonyl (C=O) groups excluding carboxylic acids is 2. The lowest BCUT2D eigenvalue weighted by atomic mass is 10.1. The van der Waals surface area contributed by atoms with Gasteiger partial charge >= 0.3 is 0 Å². The molecule has 0 fully saturated rings. The standard InChI is InChI=1S/C32H39Cl2N3O5S/c1-8-27(31(39)35-32(4,5)6)36(19-23-12-15-25(33)26(34)18-23)30(38)20-37(28-17-22(3)11-16-29(28)42-7)43(40,41)24-13-9-21(2)10-14-24/h9-18,27H,8,19-20H2,1-7H3,(H,35,39). The maximum Gasteiger partial charge on any atom is 0.264 e. The number of aryl methyl sites for hydroxylation is 2. The molecule has 0 saturated heterocycles. The summed E-state index contributed by atoms with van der Waals surface area (Å²) in [7, 11) is -2.81. The number of nitrogens with one attached hydrogen (secondary N) is 1. The summed E-state index contributed by atoms with van der Waals surface area (Å²) in [6, 6.07) is 15.6. The molecule has 0 heterocycles. The van der Waals surface area contributed by atoms with Gasteiger partial charge in [0.2, 0.25) is 11.8 Å². The third-order valence-corrected chi connectivity index (χ3v) is 9.22. The van der Waals surface area contributed by atoms with Crippen LogP contribution in [0.5, 0.6) is 5.75 Å². The fourth-order valence-electron chi connectivity index (χ4n) is 4.55. The molecule has 1 N–H and O–H groups in total. The van der Waals surface area contributed by atoms with E-state index in [-0.39, 0.29) is 35.2 Å². The van der Waals surface area contributed by atoms with Gasteiger partial charge in [0, 0.05) is 12.1 Å². The Morgan fingerprint density at radius 1 is 0.930 bits per heavy atom. The lowest BCUT2D eigenvalue weighted by Gasteiger charge is -2.35. The molecule has 0 aliphatic heterocycles. The van der Waals surface area contributed by atoms with Crippen LogP contribution in [0.3, 0.4) is 0 Å². The van der Waals surface area contributed by atoms with Crippen LogP contribution in [0, 0.1) is 13.8 Å². The Morgan fingerprint density at radius 2 is 1.56 bits per heavy atom. The topological polar surface area (TPSA) is 96.0 Å². The first-order valence-corrected chi connectivity index (χ1v) is 16.1. The van der Waals surface area contributed by atoms with Gasteiger partial charge in [0.25, 0.3) is 10.0 Å². The van der Waals surface area contributed by atoms with Gasteiger partial charge in [-0.05, 0) is 88.6 Å². The normalized spacial score (nSPS) is 12.4. The highest BCUT2D eigenvalue weighted by Crippen LogP contribution is 2.34. The number of rotatable bonds is 11. The predicted octanol–water partition coefficient (Wildman–Crippen LogP) is 6.54. The van der Waals surface area contributed by atoms with E-state index in [0.717, 1.165) is 15.4 Å². The van der Waals surface area contributed by atoms with E-state index < -0.39 is 34.1 Å². The van der Waals surface area contributed by atoms with Crippen molar-refractivity contribution in [3.63, 3.8) is 0 Å². The van der Waals surface area contributed by atoms with Crippen LogP contribution in [-0.4, -0.2) is 50.4 Å². The Morgan fingerprint density at radius 3 is 2.12 bits per heavy atom. The van der Waals surface area contributed by atoms with E-state index in [9.17, 15) is 18.0 Å². The Kier molecular flexibility index (Phi) is 11.2. The molecule has 1 atom stereocenters. The maximum atomic E-state index is 14.3. The van der Waals surface area contributed by atoms with Crippen LogP contribution >= 0.6 is 23.2 Å². The monoisotopic (exact) mass is 647 g/mol. The van der Waals surface area contributed by atoms with Crippen molar-refractivity contribution in [1.82, 2.24) is 10.2 Å². The fourth-order valence-corrected chi connectivity index (χ4v) is 6.29. The van der Waals surface area contributed by atoms with Crippen molar-refractivity contribution in [3.05, 3.63) is 87.4 Å². The summed E-state index contributed by atoms with van der Waals surface area (Å²) in [5, 5.41) is 3.60. The Bertz CT molecular complexity index is 1570. The zero-order chi connectivity index (χ0) is 32.1. The summed E-state index contributed by atoms with van der Waals surface area (Å²) >= 11 is 12.4. The number of sulfonamides is 1. The number of benzene rings is 3. The van der Waals surface area contributed by atoms with E-state index in [1.165, 1.54) is 24.1 Å². The van der Waals surface area contributed by atoms with Crippen LogP contribution in [-0.2, 0) is 26.2 Å². The van der Waals surface area contributed by atoms with Gasteiger partial charge in [-0.25, -0.2) is 8.42 Å². The molecule has 232 valence electrons. The zero-order valence-corrected chi connectivity index (χ0v) is 27.9. The van der Waals surface area contributed by atoms with Crippen LogP contribution in [0.4, 0.5) is 5.69 Å². The smallest absolute Gasteiger partial charge is 0.264 e. The molecular weight excluding hydrogens is 609 g/mol. The molecule has 0 saturated carbocycles. The number of anilines is 1. The van der Waals surface area contributed by atoms with Crippen molar-refractivity contribution in [2.24, 2.45) is 0 Å². The first-order valence-electron chi connectivity index (χ1n) is 13.9. The van der Waals surface area contributed by atoms with Gasteiger partial charge in [-0.2, -0.15) is 0 Å². The Labute approximate surface area is 265 Å². The molecule has 0 bridgehead atoms.